The molecule has 1 aliphatic rings. The zero-order valence-electron chi connectivity index (χ0n) is 19.7. The molecule has 0 aliphatic carbocycles. The maximum absolute atomic E-state index is 13.3. The molecule has 1 N–H and O–H groups in total. The van der Waals surface area contributed by atoms with E-state index < -0.39 is 23.2 Å². The van der Waals surface area contributed by atoms with E-state index in [0.717, 1.165) is 21.9 Å². The van der Waals surface area contributed by atoms with Crippen LogP contribution in [-0.2, 0) is 11.0 Å². The zero-order chi connectivity index (χ0) is 26.4. The summed E-state index contributed by atoms with van der Waals surface area (Å²) in [4.78, 5) is 42.6. The van der Waals surface area contributed by atoms with Crippen molar-refractivity contribution in [2.24, 2.45) is 0 Å². The summed E-state index contributed by atoms with van der Waals surface area (Å²) in [7, 11) is 0. The molecule has 1 saturated heterocycles. The molecule has 37 heavy (non-hydrogen) atoms. The van der Waals surface area contributed by atoms with E-state index in [1.807, 2.05) is 42.5 Å². The number of alkyl halides is 3. The highest BCUT2D eigenvalue weighted by Gasteiger charge is 2.36. The molecule has 1 heterocycles. The van der Waals surface area contributed by atoms with Crippen LogP contribution in [0.15, 0.2) is 88.7 Å². The van der Waals surface area contributed by atoms with Gasteiger partial charge in [0.15, 0.2) is 0 Å². The first-order valence-corrected chi connectivity index (χ1v) is 12.4. The maximum atomic E-state index is 13.3. The minimum Gasteiger partial charge on any atom is -0.343 e. The lowest BCUT2D eigenvalue weighted by atomic mass is 10.1. The molecule has 192 valence electrons. The molecule has 1 aliphatic heterocycles. The topological polar surface area (TPSA) is 69.7 Å². The number of carbonyl (C=O) groups excluding carboxylic acids is 3. The Kier molecular flexibility index (Phi) is 8.17. The van der Waals surface area contributed by atoms with Gasteiger partial charge in [-0.25, -0.2) is 0 Å². The standard InChI is InChI=1S/C27H24F3N3O3S/c28-27(29,30)23-9-5-4-8-22(23)26(36)33-16-14-32(15-17-33)24(34)18-31-25(35)19-10-12-21(13-11-19)37-20-6-2-1-3-7-20/h1-13H,14-18H2,(H,31,35). The van der Waals surface area contributed by atoms with Crippen molar-refractivity contribution in [3.8, 4) is 0 Å². The summed E-state index contributed by atoms with van der Waals surface area (Å²) in [5.74, 6) is -1.43. The number of rotatable bonds is 6. The van der Waals surface area contributed by atoms with Crippen molar-refractivity contribution in [2.75, 3.05) is 32.7 Å². The highest BCUT2D eigenvalue weighted by molar-refractivity contribution is 7.99. The Hall–Kier alpha value is -3.79. The van der Waals surface area contributed by atoms with Crippen LogP contribution in [0, 0.1) is 0 Å². The van der Waals surface area contributed by atoms with E-state index in [-0.39, 0.29) is 44.5 Å². The second-order valence-electron chi connectivity index (χ2n) is 8.34. The van der Waals surface area contributed by atoms with Crippen LogP contribution < -0.4 is 5.32 Å². The molecular formula is C27H24F3N3O3S. The number of amides is 3. The fourth-order valence-electron chi connectivity index (χ4n) is 3.91. The van der Waals surface area contributed by atoms with Crippen molar-refractivity contribution in [1.29, 1.82) is 0 Å². The maximum Gasteiger partial charge on any atom is 0.417 e. The molecule has 0 spiro atoms. The quantitative estimate of drug-likeness (QED) is 0.510. The normalized spacial score (nSPS) is 13.8. The molecule has 0 aromatic heterocycles. The molecule has 6 nitrogen and oxygen atoms in total. The Bertz CT molecular complexity index is 1260. The van der Waals surface area contributed by atoms with Gasteiger partial charge in [-0.05, 0) is 48.5 Å². The van der Waals surface area contributed by atoms with Gasteiger partial charge >= 0.3 is 6.18 Å². The van der Waals surface area contributed by atoms with E-state index in [9.17, 15) is 27.6 Å². The van der Waals surface area contributed by atoms with Crippen molar-refractivity contribution in [3.63, 3.8) is 0 Å². The van der Waals surface area contributed by atoms with E-state index in [1.165, 1.54) is 21.9 Å². The van der Waals surface area contributed by atoms with Crippen molar-refractivity contribution in [1.82, 2.24) is 15.1 Å². The van der Waals surface area contributed by atoms with Crippen molar-refractivity contribution in [3.05, 3.63) is 95.6 Å². The van der Waals surface area contributed by atoms with Crippen LogP contribution in [0.25, 0.3) is 0 Å². The zero-order valence-corrected chi connectivity index (χ0v) is 20.5. The molecule has 0 radical (unpaired) electrons. The highest BCUT2D eigenvalue weighted by atomic mass is 32.2. The van der Waals surface area contributed by atoms with Gasteiger partial charge in [0.05, 0.1) is 17.7 Å². The lowest BCUT2D eigenvalue weighted by Gasteiger charge is -2.35. The van der Waals surface area contributed by atoms with Crippen LogP contribution in [0.5, 0.6) is 0 Å². The fourth-order valence-corrected chi connectivity index (χ4v) is 4.75. The molecule has 3 aromatic carbocycles. The largest absolute Gasteiger partial charge is 0.417 e. The summed E-state index contributed by atoms with van der Waals surface area (Å²) in [5, 5.41) is 2.61. The molecule has 10 heteroatoms. The summed E-state index contributed by atoms with van der Waals surface area (Å²) in [6.45, 7) is 0.320. The first-order valence-electron chi connectivity index (χ1n) is 11.6. The lowest BCUT2D eigenvalue weighted by molar-refractivity contribution is -0.138. The number of piperazine rings is 1. The average molecular weight is 528 g/mol. The van der Waals surface area contributed by atoms with Gasteiger partial charge in [0.2, 0.25) is 5.91 Å². The number of nitrogens with one attached hydrogen (secondary N) is 1. The lowest BCUT2D eigenvalue weighted by Crippen LogP contribution is -2.52. The monoisotopic (exact) mass is 527 g/mol. The van der Waals surface area contributed by atoms with E-state index in [2.05, 4.69) is 5.32 Å². The van der Waals surface area contributed by atoms with Gasteiger partial charge < -0.3 is 15.1 Å². The fraction of sp³-hybridized carbons (Fsp3) is 0.222. The molecular weight excluding hydrogens is 503 g/mol. The first kappa shape index (κ1) is 26.3. The SMILES string of the molecule is O=C(NCC(=O)N1CCN(C(=O)c2ccccc2C(F)(F)F)CC1)c1ccc(Sc2ccccc2)cc1. The Balaban J connectivity index is 1.26. The number of hydrogen-bond donors (Lipinski definition) is 1. The van der Waals surface area contributed by atoms with Gasteiger partial charge in [0, 0.05) is 41.5 Å². The molecule has 0 atom stereocenters. The van der Waals surface area contributed by atoms with E-state index in [1.54, 1.807) is 23.9 Å². The molecule has 0 bridgehead atoms. The van der Waals surface area contributed by atoms with Gasteiger partial charge in [0.1, 0.15) is 0 Å². The van der Waals surface area contributed by atoms with Crippen molar-refractivity contribution < 1.29 is 27.6 Å². The van der Waals surface area contributed by atoms with E-state index >= 15 is 0 Å². The number of benzene rings is 3. The third-order valence-electron chi connectivity index (χ3n) is 5.88. The molecule has 3 amide bonds. The molecule has 3 aromatic rings. The van der Waals surface area contributed by atoms with E-state index in [0.29, 0.717) is 5.56 Å². The number of hydrogen-bond acceptors (Lipinski definition) is 4. The van der Waals surface area contributed by atoms with Crippen LogP contribution in [0.4, 0.5) is 13.2 Å². The Morgan fingerprint density at radius 1 is 0.757 bits per heavy atom. The molecule has 1 fully saturated rings. The Labute approximate surface area is 216 Å². The van der Waals surface area contributed by atoms with Crippen LogP contribution in [-0.4, -0.2) is 60.2 Å². The van der Waals surface area contributed by atoms with Crippen molar-refractivity contribution >= 4 is 29.5 Å². The summed E-state index contributed by atoms with van der Waals surface area (Å²) in [5.41, 5.74) is -0.966. The van der Waals surface area contributed by atoms with Crippen LogP contribution in [0.1, 0.15) is 26.3 Å². The molecule has 0 saturated carbocycles. The summed E-state index contributed by atoms with van der Waals surface area (Å²) in [6.07, 6.45) is -4.64. The van der Waals surface area contributed by atoms with Crippen LogP contribution in [0.3, 0.4) is 0 Å². The second-order valence-corrected chi connectivity index (χ2v) is 9.49. The van der Waals surface area contributed by atoms with Crippen molar-refractivity contribution in [2.45, 2.75) is 16.0 Å². The van der Waals surface area contributed by atoms with Gasteiger partial charge in [-0.3, -0.25) is 14.4 Å². The van der Waals surface area contributed by atoms with Crippen LogP contribution in [0.2, 0.25) is 0 Å². The predicted octanol–water partition coefficient (Wildman–Crippen LogP) is 4.57. The predicted molar refractivity (Wildman–Crippen MR) is 133 cm³/mol. The highest BCUT2D eigenvalue weighted by Crippen LogP contribution is 2.32. The second kappa shape index (κ2) is 11.5. The summed E-state index contributed by atoms with van der Waals surface area (Å²) < 4.78 is 39.8. The molecule has 4 rings (SSSR count). The van der Waals surface area contributed by atoms with Gasteiger partial charge in [-0.1, -0.05) is 42.1 Å². The van der Waals surface area contributed by atoms with Gasteiger partial charge in [0.25, 0.3) is 11.8 Å². The number of nitrogens with zero attached hydrogens (tertiary/aromatic N) is 2. The van der Waals surface area contributed by atoms with Gasteiger partial charge in [-0.2, -0.15) is 13.2 Å². The minimum absolute atomic E-state index is 0.102. The Morgan fingerprint density at radius 3 is 1.97 bits per heavy atom. The third kappa shape index (κ3) is 6.71. The summed E-state index contributed by atoms with van der Waals surface area (Å²) in [6, 6.07) is 21.5. The van der Waals surface area contributed by atoms with Gasteiger partial charge in [-0.15, -0.1) is 0 Å². The third-order valence-corrected chi connectivity index (χ3v) is 6.89. The Morgan fingerprint density at radius 2 is 1.32 bits per heavy atom. The number of halogens is 3. The number of carbonyl (C=O) groups is 3. The minimum atomic E-state index is -4.64. The molecule has 0 unspecified atom stereocenters. The van der Waals surface area contributed by atoms with E-state index in [4.69, 9.17) is 0 Å². The smallest absolute Gasteiger partial charge is 0.343 e. The first-order chi connectivity index (χ1) is 17.7. The summed E-state index contributed by atoms with van der Waals surface area (Å²) >= 11 is 1.57. The average Bonchev–Trinajstić information content (AvgIpc) is 2.92. The van der Waals surface area contributed by atoms with Crippen LogP contribution >= 0.6 is 11.8 Å².